The summed E-state index contributed by atoms with van der Waals surface area (Å²) < 4.78 is 0. The molecule has 0 aliphatic heterocycles. The van der Waals surface area contributed by atoms with Crippen molar-refractivity contribution >= 4 is 17.6 Å². The summed E-state index contributed by atoms with van der Waals surface area (Å²) in [5.74, 6) is -0.606. The third-order valence-electron chi connectivity index (χ3n) is 2.00. The second kappa shape index (κ2) is 4.77. The monoisotopic (exact) mass is 237 g/mol. The standard InChI is InChI=1S/C10H15N5O2/c1-10(2,5-7(11)16)13-8-4-3-6(9(12)17)14-15-8/h3-4H,5H2,1-2H3,(H2,11,16)(H2,12,17)(H,13,15). The van der Waals surface area contributed by atoms with Gasteiger partial charge in [0.15, 0.2) is 5.69 Å². The number of aromatic nitrogens is 2. The number of rotatable bonds is 5. The number of amides is 2. The molecule has 5 N–H and O–H groups in total. The van der Waals surface area contributed by atoms with Crippen LogP contribution < -0.4 is 16.8 Å². The number of nitrogens with two attached hydrogens (primary N) is 2. The lowest BCUT2D eigenvalue weighted by Gasteiger charge is -2.24. The number of hydrogen-bond donors (Lipinski definition) is 3. The number of carbonyl (C=O) groups excluding carboxylic acids is 2. The summed E-state index contributed by atoms with van der Waals surface area (Å²) >= 11 is 0. The molecule has 0 radical (unpaired) electrons. The highest BCUT2D eigenvalue weighted by molar-refractivity contribution is 5.90. The molecule has 7 nitrogen and oxygen atoms in total. The van der Waals surface area contributed by atoms with Gasteiger partial charge >= 0.3 is 0 Å². The van der Waals surface area contributed by atoms with Gasteiger partial charge in [-0.1, -0.05) is 0 Å². The van der Waals surface area contributed by atoms with Gasteiger partial charge in [-0.3, -0.25) is 9.59 Å². The molecular weight excluding hydrogens is 222 g/mol. The predicted octanol–water partition coefficient (Wildman–Crippen LogP) is -0.359. The average molecular weight is 237 g/mol. The Hall–Kier alpha value is -2.18. The van der Waals surface area contributed by atoms with Gasteiger partial charge in [-0.05, 0) is 26.0 Å². The lowest BCUT2D eigenvalue weighted by atomic mass is 10.0. The largest absolute Gasteiger partial charge is 0.370 e. The number of hydrogen-bond acceptors (Lipinski definition) is 5. The minimum Gasteiger partial charge on any atom is -0.370 e. The zero-order chi connectivity index (χ0) is 13.1. The zero-order valence-corrected chi connectivity index (χ0v) is 9.73. The molecule has 0 aromatic carbocycles. The first-order valence-electron chi connectivity index (χ1n) is 5.00. The predicted molar refractivity (Wildman–Crippen MR) is 62.1 cm³/mol. The SMILES string of the molecule is CC(C)(CC(N)=O)Nc1ccc(C(N)=O)nn1. The van der Waals surface area contributed by atoms with Crippen molar-refractivity contribution in [3.8, 4) is 0 Å². The highest BCUT2D eigenvalue weighted by Gasteiger charge is 2.20. The molecule has 92 valence electrons. The van der Waals surface area contributed by atoms with Crippen LogP contribution in [-0.2, 0) is 4.79 Å². The number of primary amides is 2. The summed E-state index contributed by atoms with van der Waals surface area (Å²) in [4.78, 5) is 21.6. The van der Waals surface area contributed by atoms with Gasteiger partial charge in [-0.15, -0.1) is 10.2 Å². The fourth-order valence-electron chi connectivity index (χ4n) is 1.36. The first-order chi connectivity index (χ1) is 7.80. The smallest absolute Gasteiger partial charge is 0.269 e. The van der Waals surface area contributed by atoms with E-state index in [-0.39, 0.29) is 12.1 Å². The van der Waals surface area contributed by atoms with Crippen molar-refractivity contribution in [1.82, 2.24) is 10.2 Å². The second-order valence-electron chi connectivity index (χ2n) is 4.32. The first-order valence-corrected chi connectivity index (χ1v) is 5.00. The number of nitrogens with one attached hydrogen (secondary N) is 1. The van der Waals surface area contributed by atoms with Crippen LogP contribution in [0.4, 0.5) is 5.82 Å². The minimum atomic E-state index is -0.638. The van der Waals surface area contributed by atoms with Gasteiger partial charge in [0, 0.05) is 12.0 Å². The van der Waals surface area contributed by atoms with Crippen LogP contribution in [0.25, 0.3) is 0 Å². The average Bonchev–Trinajstić information content (AvgIpc) is 2.15. The summed E-state index contributed by atoms with van der Waals surface area (Å²) in [5.41, 5.74) is 9.71. The Morgan fingerprint density at radius 2 is 1.94 bits per heavy atom. The Morgan fingerprint density at radius 3 is 2.35 bits per heavy atom. The number of carbonyl (C=O) groups is 2. The molecule has 7 heteroatoms. The van der Waals surface area contributed by atoms with E-state index >= 15 is 0 Å². The van der Waals surface area contributed by atoms with E-state index in [1.807, 2.05) is 0 Å². The van der Waals surface area contributed by atoms with Gasteiger partial charge < -0.3 is 16.8 Å². The lowest BCUT2D eigenvalue weighted by molar-refractivity contribution is -0.118. The van der Waals surface area contributed by atoms with E-state index in [2.05, 4.69) is 15.5 Å². The summed E-state index contributed by atoms with van der Waals surface area (Å²) in [6.07, 6.45) is 0.159. The van der Waals surface area contributed by atoms with Gasteiger partial charge in [0.1, 0.15) is 5.82 Å². The molecule has 0 aliphatic rings. The van der Waals surface area contributed by atoms with Crippen LogP contribution in [0.3, 0.4) is 0 Å². The van der Waals surface area contributed by atoms with E-state index in [0.717, 1.165) is 0 Å². The van der Waals surface area contributed by atoms with Crippen molar-refractivity contribution in [2.24, 2.45) is 11.5 Å². The van der Waals surface area contributed by atoms with E-state index in [9.17, 15) is 9.59 Å². The van der Waals surface area contributed by atoms with Crippen molar-refractivity contribution in [3.63, 3.8) is 0 Å². The van der Waals surface area contributed by atoms with E-state index in [1.165, 1.54) is 6.07 Å². The molecule has 0 fully saturated rings. The molecule has 0 unspecified atom stereocenters. The van der Waals surface area contributed by atoms with Crippen LogP contribution in [0.15, 0.2) is 12.1 Å². The van der Waals surface area contributed by atoms with Gasteiger partial charge in [-0.25, -0.2) is 0 Å². The second-order valence-corrected chi connectivity index (χ2v) is 4.32. The van der Waals surface area contributed by atoms with Crippen LogP contribution in [-0.4, -0.2) is 27.6 Å². The van der Waals surface area contributed by atoms with Crippen molar-refractivity contribution in [2.75, 3.05) is 5.32 Å². The van der Waals surface area contributed by atoms with Crippen LogP contribution in [0.5, 0.6) is 0 Å². The van der Waals surface area contributed by atoms with E-state index in [4.69, 9.17) is 11.5 Å². The minimum absolute atomic E-state index is 0.0863. The molecule has 2 amide bonds. The van der Waals surface area contributed by atoms with E-state index < -0.39 is 17.4 Å². The summed E-state index contributed by atoms with van der Waals surface area (Å²) in [5, 5.41) is 10.4. The normalized spacial score (nSPS) is 10.9. The Kier molecular flexibility index (Phi) is 3.62. The zero-order valence-electron chi connectivity index (χ0n) is 9.73. The summed E-state index contributed by atoms with van der Waals surface area (Å²) in [6.45, 7) is 3.61. The third-order valence-corrected chi connectivity index (χ3v) is 2.00. The van der Waals surface area contributed by atoms with Crippen LogP contribution in [0.1, 0.15) is 30.8 Å². The Bertz CT molecular complexity index is 427. The topological polar surface area (TPSA) is 124 Å². The van der Waals surface area contributed by atoms with Gasteiger partial charge in [0.25, 0.3) is 5.91 Å². The maximum absolute atomic E-state index is 10.8. The van der Waals surface area contributed by atoms with Crippen molar-refractivity contribution in [3.05, 3.63) is 17.8 Å². The lowest BCUT2D eigenvalue weighted by Crippen LogP contribution is -2.36. The number of anilines is 1. The summed E-state index contributed by atoms with van der Waals surface area (Å²) in [7, 11) is 0. The van der Waals surface area contributed by atoms with E-state index in [1.54, 1.807) is 19.9 Å². The Balaban J connectivity index is 2.75. The molecular formula is C10H15N5O2. The highest BCUT2D eigenvalue weighted by atomic mass is 16.1. The summed E-state index contributed by atoms with van der Waals surface area (Å²) in [6, 6.07) is 3.02. The quantitative estimate of drug-likeness (QED) is 0.645. The third kappa shape index (κ3) is 4.06. The van der Waals surface area contributed by atoms with Crippen LogP contribution in [0, 0.1) is 0 Å². The molecule has 0 saturated carbocycles. The molecule has 0 spiro atoms. The first kappa shape index (κ1) is 12.9. The maximum Gasteiger partial charge on any atom is 0.269 e. The molecule has 0 atom stereocenters. The fourth-order valence-corrected chi connectivity index (χ4v) is 1.36. The molecule has 1 rings (SSSR count). The Morgan fingerprint density at radius 1 is 1.29 bits per heavy atom. The van der Waals surface area contributed by atoms with Crippen LogP contribution >= 0.6 is 0 Å². The molecule has 0 aliphatic carbocycles. The maximum atomic E-state index is 10.8. The molecule has 17 heavy (non-hydrogen) atoms. The Labute approximate surface area is 98.6 Å². The van der Waals surface area contributed by atoms with Gasteiger partial charge in [-0.2, -0.15) is 0 Å². The van der Waals surface area contributed by atoms with Crippen molar-refractivity contribution in [1.29, 1.82) is 0 Å². The molecule has 1 aromatic heterocycles. The number of nitrogens with zero attached hydrogens (tertiary/aromatic N) is 2. The van der Waals surface area contributed by atoms with Crippen molar-refractivity contribution < 1.29 is 9.59 Å². The molecule has 0 saturated heterocycles. The molecule has 1 heterocycles. The molecule has 1 aromatic rings. The van der Waals surface area contributed by atoms with Gasteiger partial charge in [0.05, 0.1) is 0 Å². The van der Waals surface area contributed by atoms with Crippen LogP contribution in [0.2, 0.25) is 0 Å². The highest BCUT2D eigenvalue weighted by Crippen LogP contribution is 2.15. The fraction of sp³-hybridized carbons (Fsp3) is 0.400. The van der Waals surface area contributed by atoms with Gasteiger partial charge in [0.2, 0.25) is 5.91 Å². The van der Waals surface area contributed by atoms with Crippen molar-refractivity contribution in [2.45, 2.75) is 25.8 Å². The molecule has 0 bridgehead atoms. The van der Waals surface area contributed by atoms with E-state index in [0.29, 0.717) is 5.82 Å².